The number of amides is 3. The minimum Gasteiger partial charge on any atom is -0.322 e. The first-order valence-electron chi connectivity index (χ1n) is 12.4. The zero-order valence-corrected chi connectivity index (χ0v) is 21.1. The molecule has 6 nitrogen and oxygen atoms in total. The van der Waals surface area contributed by atoms with E-state index in [2.05, 4.69) is 10.3 Å². The Morgan fingerprint density at radius 1 is 0.872 bits per heavy atom. The summed E-state index contributed by atoms with van der Waals surface area (Å²) in [4.78, 5) is 46.4. The van der Waals surface area contributed by atoms with Gasteiger partial charge >= 0.3 is 6.18 Å². The van der Waals surface area contributed by atoms with Crippen LogP contribution in [0.3, 0.4) is 0 Å². The van der Waals surface area contributed by atoms with Crippen LogP contribution in [0.4, 0.5) is 18.9 Å². The summed E-state index contributed by atoms with van der Waals surface area (Å²) in [6, 6.07) is 18.2. The molecule has 0 radical (unpaired) electrons. The standard InChI is InChI=1S/C30H24F3N3O3/c1-17(2)24(19-9-5-11-20(16-19)30(31,32)33)26(36-28(38)21-12-3-4-13-22(21)29(36)39)27(37)35-23-14-6-8-18-10-7-15-34-25(18)23/h3-17,24,26H,1-2H3,(H,35,37)/t24-,26+/m1/s1. The number of halogens is 3. The average Bonchev–Trinajstić information content (AvgIpc) is 3.16. The van der Waals surface area contributed by atoms with Gasteiger partial charge in [-0.15, -0.1) is 0 Å². The number of carbonyl (C=O) groups excluding carboxylic acids is 3. The SMILES string of the molecule is CC(C)[C@H](c1cccc(C(F)(F)F)c1)[C@@H](C(=O)Nc1cccc2cccnc12)N1C(=O)c2ccccc2C1=O. The maximum absolute atomic E-state index is 14.1. The lowest BCUT2D eigenvalue weighted by Crippen LogP contribution is -2.51. The van der Waals surface area contributed by atoms with Crippen LogP contribution in [-0.4, -0.2) is 33.6 Å². The number of rotatable bonds is 6. The summed E-state index contributed by atoms with van der Waals surface area (Å²) in [5.74, 6) is -3.44. The van der Waals surface area contributed by atoms with Crippen molar-refractivity contribution in [3.8, 4) is 0 Å². The second-order valence-corrected chi connectivity index (χ2v) is 9.73. The van der Waals surface area contributed by atoms with E-state index in [1.54, 1.807) is 50.4 Å². The number of hydrogen-bond donors (Lipinski definition) is 1. The van der Waals surface area contributed by atoms with E-state index in [0.717, 1.165) is 22.4 Å². The lowest BCUT2D eigenvalue weighted by molar-refractivity contribution is -0.137. The van der Waals surface area contributed by atoms with Gasteiger partial charge in [-0.2, -0.15) is 13.2 Å². The van der Waals surface area contributed by atoms with Crippen molar-refractivity contribution in [1.82, 2.24) is 9.88 Å². The number of fused-ring (bicyclic) bond motifs is 2. The molecule has 198 valence electrons. The minimum absolute atomic E-state index is 0.138. The molecule has 0 unspecified atom stereocenters. The van der Waals surface area contributed by atoms with Gasteiger partial charge in [0.25, 0.3) is 11.8 Å². The molecule has 0 aliphatic carbocycles. The van der Waals surface area contributed by atoms with Gasteiger partial charge in [0, 0.05) is 17.5 Å². The van der Waals surface area contributed by atoms with E-state index in [9.17, 15) is 27.6 Å². The summed E-state index contributed by atoms with van der Waals surface area (Å²) in [5.41, 5.74) is 0.427. The summed E-state index contributed by atoms with van der Waals surface area (Å²) in [6.07, 6.45) is -3.04. The second-order valence-electron chi connectivity index (χ2n) is 9.73. The average molecular weight is 532 g/mol. The number of nitrogens with zero attached hydrogens (tertiary/aromatic N) is 2. The van der Waals surface area contributed by atoms with Gasteiger partial charge in [0.1, 0.15) is 6.04 Å². The van der Waals surface area contributed by atoms with Gasteiger partial charge in [-0.05, 0) is 41.8 Å². The fourth-order valence-corrected chi connectivity index (χ4v) is 5.17. The molecule has 0 fully saturated rings. The molecule has 39 heavy (non-hydrogen) atoms. The van der Waals surface area contributed by atoms with Crippen LogP contribution < -0.4 is 5.32 Å². The topological polar surface area (TPSA) is 79.4 Å². The molecule has 3 amide bonds. The molecule has 0 bridgehead atoms. The van der Waals surface area contributed by atoms with Crippen molar-refractivity contribution in [1.29, 1.82) is 0 Å². The van der Waals surface area contributed by atoms with E-state index < -0.39 is 47.3 Å². The van der Waals surface area contributed by atoms with Crippen LogP contribution in [-0.2, 0) is 11.0 Å². The van der Waals surface area contributed by atoms with Crippen LogP contribution >= 0.6 is 0 Å². The Bertz CT molecular complexity index is 1560. The van der Waals surface area contributed by atoms with Gasteiger partial charge < -0.3 is 5.32 Å². The van der Waals surface area contributed by atoms with Crippen LogP contribution in [0.1, 0.15) is 51.6 Å². The molecule has 2 atom stereocenters. The second kappa shape index (κ2) is 9.98. The number of hydrogen-bond acceptors (Lipinski definition) is 4. The van der Waals surface area contributed by atoms with Crippen molar-refractivity contribution in [2.45, 2.75) is 32.0 Å². The largest absolute Gasteiger partial charge is 0.416 e. The molecule has 5 rings (SSSR count). The Morgan fingerprint density at radius 3 is 2.15 bits per heavy atom. The minimum atomic E-state index is -4.61. The Kier molecular flexibility index (Phi) is 6.68. The molecule has 1 aromatic heterocycles. The van der Waals surface area contributed by atoms with Crippen LogP contribution in [0, 0.1) is 5.92 Å². The maximum Gasteiger partial charge on any atom is 0.416 e. The lowest BCUT2D eigenvalue weighted by Gasteiger charge is -2.35. The third kappa shape index (κ3) is 4.76. The summed E-state index contributed by atoms with van der Waals surface area (Å²) < 4.78 is 40.9. The van der Waals surface area contributed by atoms with Crippen molar-refractivity contribution >= 4 is 34.3 Å². The maximum atomic E-state index is 14.1. The Morgan fingerprint density at radius 2 is 1.51 bits per heavy atom. The first-order chi connectivity index (χ1) is 18.6. The molecule has 1 aliphatic heterocycles. The highest BCUT2D eigenvalue weighted by Gasteiger charge is 2.47. The van der Waals surface area contributed by atoms with Crippen LogP contribution in [0.5, 0.6) is 0 Å². The zero-order valence-electron chi connectivity index (χ0n) is 21.1. The number of anilines is 1. The first-order valence-corrected chi connectivity index (χ1v) is 12.4. The zero-order chi connectivity index (χ0) is 27.9. The quantitative estimate of drug-likeness (QED) is 0.296. The summed E-state index contributed by atoms with van der Waals surface area (Å²) >= 11 is 0. The molecule has 0 saturated carbocycles. The normalized spacial score (nSPS) is 15.0. The van der Waals surface area contributed by atoms with E-state index in [0.29, 0.717) is 11.2 Å². The number of aromatic nitrogens is 1. The van der Waals surface area contributed by atoms with Gasteiger partial charge in [-0.1, -0.05) is 62.4 Å². The van der Waals surface area contributed by atoms with Gasteiger partial charge in [-0.3, -0.25) is 24.3 Å². The highest BCUT2D eigenvalue weighted by molar-refractivity contribution is 6.23. The van der Waals surface area contributed by atoms with Gasteiger partial charge in [-0.25, -0.2) is 0 Å². The van der Waals surface area contributed by atoms with E-state index in [4.69, 9.17) is 0 Å². The monoisotopic (exact) mass is 531 g/mol. The van der Waals surface area contributed by atoms with Crippen molar-refractivity contribution in [2.24, 2.45) is 5.92 Å². The smallest absolute Gasteiger partial charge is 0.322 e. The number of alkyl halides is 3. The number of pyridine rings is 1. The van der Waals surface area contributed by atoms with Crippen LogP contribution in [0.2, 0.25) is 0 Å². The lowest BCUT2D eigenvalue weighted by atomic mass is 9.80. The third-order valence-electron chi connectivity index (χ3n) is 6.92. The molecular formula is C30H24F3N3O3. The molecule has 4 aromatic rings. The number of imide groups is 1. The number of benzene rings is 3. The van der Waals surface area contributed by atoms with Gasteiger partial charge in [0.2, 0.25) is 5.91 Å². The number of carbonyl (C=O) groups is 3. The summed E-state index contributed by atoms with van der Waals surface area (Å²) in [7, 11) is 0. The molecule has 0 spiro atoms. The fraction of sp³-hybridized carbons (Fsp3) is 0.200. The molecule has 2 heterocycles. The highest BCUT2D eigenvalue weighted by Crippen LogP contribution is 2.39. The van der Waals surface area contributed by atoms with Crippen molar-refractivity contribution in [3.63, 3.8) is 0 Å². The molecule has 3 aromatic carbocycles. The predicted molar refractivity (Wildman–Crippen MR) is 140 cm³/mol. The van der Waals surface area contributed by atoms with E-state index >= 15 is 0 Å². The summed E-state index contributed by atoms with van der Waals surface area (Å²) in [5, 5.41) is 3.57. The van der Waals surface area contributed by atoms with Crippen molar-refractivity contribution in [2.75, 3.05) is 5.32 Å². The Labute approximate surface area is 222 Å². The van der Waals surface area contributed by atoms with Crippen LogP contribution in [0.15, 0.2) is 85.1 Å². The van der Waals surface area contributed by atoms with E-state index in [1.165, 1.54) is 24.3 Å². The van der Waals surface area contributed by atoms with Crippen LogP contribution in [0.25, 0.3) is 10.9 Å². The van der Waals surface area contributed by atoms with E-state index in [1.807, 2.05) is 12.1 Å². The Balaban J connectivity index is 1.65. The number of para-hydroxylation sites is 1. The molecule has 1 N–H and O–H groups in total. The van der Waals surface area contributed by atoms with E-state index in [-0.39, 0.29) is 16.7 Å². The fourth-order valence-electron chi connectivity index (χ4n) is 5.17. The highest BCUT2D eigenvalue weighted by atomic mass is 19.4. The first kappa shape index (κ1) is 26.1. The molecule has 0 saturated heterocycles. The molecule has 1 aliphatic rings. The van der Waals surface area contributed by atoms with Gasteiger partial charge in [0.05, 0.1) is 27.9 Å². The van der Waals surface area contributed by atoms with Gasteiger partial charge in [0.15, 0.2) is 0 Å². The van der Waals surface area contributed by atoms with Crippen molar-refractivity contribution in [3.05, 3.63) is 107 Å². The molecule has 9 heteroatoms. The summed E-state index contributed by atoms with van der Waals surface area (Å²) in [6.45, 7) is 3.48. The number of nitrogens with one attached hydrogen (secondary N) is 1. The Hall–Kier alpha value is -4.53. The predicted octanol–water partition coefficient (Wildman–Crippen LogP) is 6.30. The third-order valence-corrected chi connectivity index (χ3v) is 6.92. The van der Waals surface area contributed by atoms with Crippen molar-refractivity contribution < 1.29 is 27.6 Å². The molecular weight excluding hydrogens is 507 g/mol.